The average Bonchev–Trinajstić information content (AvgIpc) is 2.82. The van der Waals surface area contributed by atoms with Crippen LogP contribution in [0.2, 0.25) is 0 Å². The van der Waals surface area contributed by atoms with Crippen LogP contribution in [0.5, 0.6) is 0 Å². The first-order chi connectivity index (χ1) is 9.14. The van der Waals surface area contributed by atoms with Crippen molar-refractivity contribution in [2.75, 3.05) is 19.8 Å². The van der Waals surface area contributed by atoms with Gasteiger partial charge in [0.2, 0.25) is 0 Å². The third-order valence-corrected chi connectivity index (χ3v) is 4.43. The van der Waals surface area contributed by atoms with Gasteiger partial charge in [-0.05, 0) is 50.0 Å². The summed E-state index contributed by atoms with van der Waals surface area (Å²) in [5, 5.41) is 3.79. The summed E-state index contributed by atoms with van der Waals surface area (Å²) in [6.07, 6.45) is 9.28. The third kappa shape index (κ3) is 5.43. The molecule has 0 spiro atoms. The first-order valence-electron chi connectivity index (χ1n) is 8.45. The van der Waals surface area contributed by atoms with E-state index in [4.69, 9.17) is 4.74 Å². The van der Waals surface area contributed by atoms with E-state index in [0.717, 1.165) is 32.1 Å². The van der Waals surface area contributed by atoms with Gasteiger partial charge in [0.15, 0.2) is 0 Å². The predicted molar refractivity (Wildman–Crippen MR) is 83.5 cm³/mol. The zero-order chi connectivity index (χ0) is 14.1. The van der Waals surface area contributed by atoms with Gasteiger partial charge in [-0.3, -0.25) is 0 Å². The fourth-order valence-corrected chi connectivity index (χ4v) is 3.70. The fourth-order valence-electron chi connectivity index (χ4n) is 3.70. The Balaban J connectivity index is 2.65. The predicted octanol–water partition coefficient (Wildman–Crippen LogP) is 4.39. The summed E-state index contributed by atoms with van der Waals surface area (Å²) in [5.41, 5.74) is 0.497. The highest BCUT2D eigenvalue weighted by Gasteiger charge is 2.41. The maximum absolute atomic E-state index is 5.90. The van der Waals surface area contributed by atoms with E-state index in [-0.39, 0.29) is 0 Å². The zero-order valence-electron chi connectivity index (χ0n) is 13.6. The molecule has 0 aromatic carbocycles. The van der Waals surface area contributed by atoms with Crippen LogP contribution in [0.3, 0.4) is 0 Å². The topological polar surface area (TPSA) is 21.3 Å². The third-order valence-electron chi connectivity index (χ3n) is 4.43. The Hall–Kier alpha value is -0.0800. The smallest absolute Gasteiger partial charge is 0.0625 e. The van der Waals surface area contributed by atoms with Gasteiger partial charge in [-0.25, -0.2) is 0 Å². The van der Waals surface area contributed by atoms with Crippen molar-refractivity contribution in [3.63, 3.8) is 0 Å². The summed E-state index contributed by atoms with van der Waals surface area (Å²) >= 11 is 0. The van der Waals surface area contributed by atoms with Crippen LogP contribution >= 0.6 is 0 Å². The number of ether oxygens (including phenoxy) is 1. The van der Waals surface area contributed by atoms with Gasteiger partial charge < -0.3 is 10.1 Å². The maximum atomic E-state index is 5.90. The van der Waals surface area contributed by atoms with Crippen LogP contribution in [0.4, 0.5) is 0 Å². The van der Waals surface area contributed by atoms with Gasteiger partial charge in [-0.1, -0.05) is 40.5 Å². The molecule has 1 N–H and O–H groups in total. The Morgan fingerprint density at radius 3 is 2.32 bits per heavy atom. The quantitative estimate of drug-likeness (QED) is 0.594. The van der Waals surface area contributed by atoms with Crippen molar-refractivity contribution in [3.8, 4) is 0 Å². The van der Waals surface area contributed by atoms with Crippen molar-refractivity contribution in [2.24, 2.45) is 11.3 Å². The van der Waals surface area contributed by atoms with Crippen molar-refractivity contribution >= 4 is 0 Å². The molecule has 1 atom stereocenters. The van der Waals surface area contributed by atoms with Crippen LogP contribution in [0.25, 0.3) is 0 Å². The molecule has 114 valence electrons. The highest BCUT2D eigenvalue weighted by molar-refractivity contribution is 4.95. The first kappa shape index (κ1) is 17.0. The van der Waals surface area contributed by atoms with Crippen LogP contribution in [-0.2, 0) is 4.74 Å². The summed E-state index contributed by atoms with van der Waals surface area (Å²) in [6.45, 7) is 12.1. The molecule has 2 nitrogen and oxygen atoms in total. The van der Waals surface area contributed by atoms with E-state index in [2.05, 4.69) is 33.0 Å². The van der Waals surface area contributed by atoms with Crippen molar-refractivity contribution in [2.45, 2.75) is 78.7 Å². The lowest BCUT2D eigenvalue weighted by Crippen LogP contribution is -2.48. The molecule has 1 aliphatic carbocycles. The minimum absolute atomic E-state index is 0.497. The molecule has 0 heterocycles. The highest BCUT2D eigenvalue weighted by atomic mass is 16.5. The van der Waals surface area contributed by atoms with Crippen LogP contribution < -0.4 is 5.32 Å². The van der Waals surface area contributed by atoms with Gasteiger partial charge in [-0.15, -0.1) is 0 Å². The molecule has 0 saturated heterocycles. The minimum atomic E-state index is 0.497. The molecule has 19 heavy (non-hydrogen) atoms. The van der Waals surface area contributed by atoms with E-state index < -0.39 is 0 Å². The lowest BCUT2D eigenvalue weighted by atomic mass is 9.72. The molecule has 0 aromatic rings. The fraction of sp³-hybridized carbons (Fsp3) is 1.00. The summed E-state index contributed by atoms with van der Waals surface area (Å²) in [5.74, 6) is 0.787. The zero-order valence-corrected chi connectivity index (χ0v) is 13.6. The second kappa shape index (κ2) is 8.97. The van der Waals surface area contributed by atoms with Crippen molar-refractivity contribution in [1.29, 1.82) is 0 Å². The van der Waals surface area contributed by atoms with E-state index in [9.17, 15) is 0 Å². The Labute approximate surface area is 120 Å². The largest absolute Gasteiger partial charge is 0.380 e. The van der Waals surface area contributed by atoms with Gasteiger partial charge in [0, 0.05) is 12.6 Å². The summed E-state index contributed by atoms with van der Waals surface area (Å²) in [4.78, 5) is 0. The number of hydrogen-bond donors (Lipinski definition) is 1. The Kier molecular flexibility index (Phi) is 8.01. The van der Waals surface area contributed by atoms with Gasteiger partial charge in [0.25, 0.3) is 0 Å². The Bertz CT molecular complexity index is 221. The van der Waals surface area contributed by atoms with Gasteiger partial charge >= 0.3 is 0 Å². The van der Waals surface area contributed by atoms with Gasteiger partial charge in [0.1, 0.15) is 0 Å². The summed E-state index contributed by atoms with van der Waals surface area (Å²) in [6, 6.07) is 0.559. The molecular weight excluding hydrogens is 234 g/mol. The van der Waals surface area contributed by atoms with Crippen molar-refractivity contribution < 1.29 is 4.74 Å². The average molecular weight is 269 g/mol. The first-order valence-corrected chi connectivity index (χ1v) is 8.45. The van der Waals surface area contributed by atoms with Crippen LogP contribution in [0, 0.1) is 11.3 Å². The molecule has 1 fully saturated rings. The molecule has 1 saturated carbocycles. The van der Waals surface area contributed by atoms with E-state index in [1.165, 1.54) is 38.5 Å². The van der Waals surface area contributed by atoms with Gasteiger partial charge in [0.05, 0.1) is 6.61 Å². The number of hydrogen-bond acceptors (Lipinski definition) is 2. The molecule has 1 rings (SSSR count). The Morgan fingerprint density at radius 2 is 1.79 bits per heavy atom. The van der Waals surface area contributed by atoms with Crippen molar-refractivity contribution in [3.05, 3.63) is 0 Å². The standard InChI is InChI=1S/C17H35NO/c1-5-11-18-16(14-19-12-6-2)17(13-15(3)4)9-7-8-10-17/h15-16,18H,5-14H2,1-4H3. The number of rotatable bonds is 10. The number of nitrogens with one attached hydrogen (secondary N) is 1. The van der Waals surface area contributed by atoms with Crippen LogP contribution in [0.15, 0.2) is 0 Å². The van der Waals surface area contributed by atoms with E-state index in [1.807, 2.05) is 0 Å². The minimum Gasteiger partial charge on any atom is -0.380 e. The van der Waals surface area contributed by atoms with Crippen LogP contribution in [0.1, 0.15) is 72.6 Å². The molecule has 0 amide bonds. The summed E-state index contributed by atoms with van der Waals surface area (Å²) in [7, 11) is 0. The van der Waals surface area contributed by atoms with E-state index in [0.29, 0.717) is 11.5 Å². The second-order valence-electron chi connectivity index (χ2n) is 6.75. The normalized spacial score (nSPS) is 20.1. The lowest BCUT2D eigenvalue weighted by Gasteiger charge is -2.39. The Morgan fingerprint density at radius 1 is 1.11 bits per heavy atom. The second-order valence-corrected chi connectivity index (χ2v) is 6.75. The molecule has 0 aliphatic heterocycles. The van der Waals surface area contributed by atoms with Crippen LogP contribution in [-0.4, -0.2) is 25.8 Å². The molecule has 2 heteroatoms. The van der Waals surface area contributed by atoms with E-state index >= 15 is 0 Å². The molecule has 0 radical (unpaired) electrons. The van der Waals surface area contributed by atoms with Crippen molar-refractivity contribution in [1.82, 2.24) is 5.32 Å². The SMILES string of the molecule is CCCNC(COCCC)C1(CC(C)C)CCCC1. The maximum Gasteiger partial charge on any atom is 0.0625 e. The lowest BCUT2D eigenvalue weighted by molar-refractivity contribution is 0.0475. The molecular formula is C17H35NO. The van der Waals surface area contributed by atoms with Gasteiger partial charge in [-0.2, -0.15) is 0 Å². The molecule has 0 aromatic heterocycles. The van der Waals surface area contributed by atoms with E-state index in [1.54, 1.807) is 0 Å². The molecule has 0 bridgehead atoms. The monoisotopic (exact) mass is 269 g/mol. The molecule has 1 unspecified atom stereocenters. The highest BCUT2D eigenvalue weighted by Crippen LogP contribution is 2.46. The molecule has 1 aliphatic rings. The summed E-state index contributed by atoms with van der Waals surface area (Å²) < 4.78 is 5.90.